The maximum atomic E-state index is 12.7. The zero-order chi connectivity index (χ0) is 15.4. The van der Waals surface area contributed by atoms with E-state index >= 15 is 0 Å². The summed E-state index contributed by atoms with van der Waals surface area (Å²) in [6.07, 6.45) is 1.63. The van der Waals surface area contributed by atoms with E-state index in [-0.39, 0.29) is 17.7 Å². The van der Waals surface area contributed by atoms with Crippen molar-refractivity contribution in [2.75, 3.05) is 13.1 Å². The van der Waals surface area contributed by atoms with Gasteiger partial charge >= 0.3 is 0 Å². The number of rotatable bonds is 4. The van der Waals surface area contributed by atoms with Crippen LogP contribution in [0.2, 0.25) is 0 Å². The van der Waals surface area contributed by atoms with Crippen molar-refractivity contribution >= 4 is 11.8 Å². The molecule has 1 aromatic carbocycles. The Morgan fingerprint density at radius 3 is 2.71 bits per heavy atom. The molecule has 21 heavy (non-hydrogen) atoms. The predicted octanol–water partition coefficient (Wildman–Crippen LogP) is 2.43. The van der Waals surface area contributed by atoms with E-state index in [0.29, 0.717) is 13.1 Å². The molecule has 1 saturated heterocycles. The molecule has 1 aliphatic rings. The summed E-state index contributed by atoms with van der Waals surface area (Å²) in [5.41, 5.74) is 1.99. The summed E-state index contributed by atoms with van der Waals surface area (Å²) in [5, 5.41) is 2.88. The first-order chi connectivity index (χ1) is 10.1. The minimum Gasteiger partial charge on any atom is -0.352 e. The topological polar surface area (TPSA) is 49.4 Å². The molecule has 0 radical (unpaired) electrons. The smallest absolute Gasteiger partial charge is 0.247 e. The minimum absolute atomic E-state index is 0.00297. The van der Waals surface area contributed by atoms with E-state index in [0.717, 1.165) is 24.0 Å². The van der Waals surface area contributed by atoms with E-state index in [4.69, 9.17) is 0 Å². The molecule has 0 aliphatic carbocycles. The van der Waals surface area contributed by atoms with Crippen LogP contribution in [0.5, 0.6) is 0 Å². The highest BCUT2D eigenvalue weighted by atomic mass is 16.2. The molecular formula is C17H24N2O2. The molecule has 1 unspecified atom stereocenters. The number of aryl methyl sites for hydroxylation is 1. The van der Waals surface area contributed by atoms with E-state index < -0.39 is 6.04 Å². The Morgan fingerprint density at radius 2 is 2.10 bits per heavy atom. The molecule has 114 valence electrons. The number of amides is 2. The van der Waals surface area contributed by atoms with Crippen LogP contribution in [0.4, 0.5) is 0 Å². The summed E-state index contributed by atoms with van der Waals surface area (Å²) in [6.45, 7) is 7.17. The lowest BCUT2D eigenvalue weighted by Crippen LogP contribution is -2.53. The van der Waals surface area contributed by atoms with E-state index in [9.17, 15) is 9.59 Å². The van der Waals surface area contributed by atoms with Crippen LogP contribution in [-0.4, -0.2) is 29.8 Å². The third kappa shape index (κ3) is 3.26. The van der Waals surface area contributed by atoms with E-state index in [1.807, 2.05) is 45.0 Å². The van der Waals surface area contributed by atoms with Gasteiger partial charge in [-0.25, -0.2) is 0 Å². The minimum atomic E-state index is -0.494. The Labute approximate surface area is 126 Å². The van der Waals surface area contributed by atoms with Crippen LogP contribution in [-0.2, 0) is 9.59 Å². The fraction of sp³-hybridized carbons (Fsp3) is 0.529. The van der Waals surface area contributed by atoms with Crippen LogP contribution in [0.3, 0.4) is 0 Å². The maximum Gasteiger partial charge on any atom is 0.247 e. The van der Waals surface area contributed by atoms with Gasteiger partial charge in [0.15, 0.2) is 0 Å². The quantitative estimate of drug-likeness (QED) is 0.925. The van der Waals surface area contributed by atoms with Crippen molar-refractivity contribution in [3.05, 3.63) is 35.4 Å². The highest BCUT2D eigenvalue weighted by Gasteiger charge is 2.36. The van der Waals surface area contributed by atoms with Crippen LogP contribution in [0.25, 0.3) is 0 Å². The predicted molar refractivity (Wildman–Crippen MR) is 82.7 cm³/mol. The number of carbonyl (C=O) groups excluding carboxylic acids is 2. The Hall–Kier alpha value is -1.84. The molecule has 2 amide bonds. The number of hydrogen-bond donors (Lipinski definition) is 1. The average Bonchev–Trinajstić information content (AvgIpc) is 2.48. The largest absolute Gasteiger partial charge is 0.352 e. The highest BCUT2D eigenvalue weighted by molar-refractivity contribution is 5.90. The van der Waals surface area contributed by atoms with E-state index in [1.54, 1.807) is 4.90 Å². The van der Waals surface area contributed by atoms with Crippen LogP contribution >= 0.6 is 0 Å². The summed E-state index contributed by atoms with van der Waals surface area (Å²) >= 11 is 0. The second kappa shape index (κ2) is 6.74. The summed E-state index contributed by atoms with van der Waals surface area (Å²) in [5.74, 6) is 0.0238. The lowest BCUT2D eigenvalue weighted by molar-refractivity contribution is -0.146. The number of piperazine rings is 1. The SMILES string of the molecule is CCC(CC)C(=O)N1CCNC(=O)C1c1cccc(C)c1. The van der Waals surface area contributed by atoms with Gasteiger partial charge < -0.3 is 10.2 Å². The van der Waals surface area contributed by atoms with Gasteiger partial charge in [-0.1, -0.05) is 43.7 Å². The number of nitrogens with zero attached hydrogens (tertiary/aromatic N) is 1. The van der Waals surface area contributed by atoms with Crippen molar-refractivity contribution in [1.82, 2.24) is 10.2 Å². The Bertz CT molecular complexity index is 523. The molecule has 4 nitrogen and oxygen atoms in total. The Kier molecular flexibility index (Phi) is 4.99. The first kappa shape index (κ1) is 15.5. The van der Waals surface area contributed by atoms with Crippen molar-refractivity contribution in [3.63, 3.8) is 0 Å². The molecule has 0 aromatic heterocycles. The van der Waals surface area contributed by atoms with Gasteiger partial charge in [0, 0.05) is 19.0 Å². The van der Waals surface area contributed by atoms with Gasteiger partial charge in [-0.15, -0.1) is 0 Å². The van der Waals surface area contributed by atoms with Gasteiger partial charge in [-0.2, -0.15) is 0 Å². The monoisotopic (exact) mass is 288 g/mol. The van der Waals surface area contributed by atoms with E-state index in [1.165, 1.54) is 0 Å². The number of carbonyl (C=O) groups is 2. The summed E-state index contributed by atoms with van der Waals surface area (Å²) < 4.78 is 0. The molecule has 1 fully saturated rings. The number of nitrogens with one attached hydrogen (secondary N) is 1. The van der Waals surface area contributed by atoms with Crippen LogP contribution < -0.4 is 5.32 Å². The maximum absolute atomic E-state index is 12.7. The normalized spacial score (nSPS) is 18.8. The van der Waals surface area contributed by atoms with Gasteiger partial charge in [0.25, 0.3) is 0 Å². The fourth-order valence-electron chi connectivity index (χ4n) is 2.95. The molecule has 1 atom stereocenters. The van der Waals surface area contributed by atoms with Crippen molar-refractivity contribution in [2.45, 2.75) is 39.7 Å². The van der Waals surface area contributed by atoms with Crippen LogP contribution in [0, 0.1) is 12.8 Å². The average molecular weight is 288 g/mol. The second-order valence-corrected chi connectivity index (χ2v) is 5.65. The molecule has 1 aromatic rings. The van der Waals surface area contributed by atoms with Gasteiger partial charge in [0.1, 0.15) is 6.04 Å². The number of hydrogen-bond acceptors (Lipinski definition) is 2. The molecule has 1 heterocycles. The van der Waals surface area contributed by atoms with Crippen molar-refractivity contribution in [1.29, 1.82) is 0 Å². The molecular weight excluding hydrogens is 264 g/mol. The van der Waals surface area contributed by atoms with Gasteiger partial charge in [-0.05, 0) is 25.3 Å². The Morgan fingerprint density at radius 1 is 1.38 bits per heavy atom. The molecule has 0 saturated carbocycles. The van der Waals surface area contributed by atoms with Crippen LogP contribution in [0.15, 0.2) is 24.3 Å². The van der Waals surface area contributed by atoms with E-state index in [2.05, 4.69) is 5.32 Å². The molecule has 4 heteroatoms. The van der Waals surface area contributed by atoms with Crippen molar-refractivity contribution in [2.24, 2.45) is 5.92 Å². The van der Waals surface area contributed by atoms with Crippen LogP contribution in [0.1, 0.15) is 43.9 Å². The van der Waals surface area contributed by atoms with Crippen molar-refractivity contribution in [3.8, 4) is 0 Å². The molecule has 0 bridgehead atoms. The first-order valence-electron chi connectivity index (χ1n) is 7.73. The standard InChI is InChI=1S/C17H24N2O2/c1-4-13(5-2)17(21)19-10-9-18-16(20)15(19)14-8-6-7-12(3)11-14/h6-8,11,13,15H,4-5,9-10H2,1-3H3,(H,18,20). The molecule has 1 aliphatic heterocycles. The zero-order valence-electron chi connectivity index (χ0n) is 13.1. The third-order valence-electron chi connectivity index (χ3n) is 4.19. The Balaban J connectivity index is 2.33. The fourth-order valence-corrected chi connectivity index (χ4v) is 2.95. The first-order valence-corrected chi connectivity index (χ1v) is 7.73. The van der Waals surface area contributed by atoms with Gasteiger partial charge in [-0.3, -0.25) is 9.59 Å². The van der Waals surface area contributed by atoms with Gasteiger partial charge in [0.05, 0.1) is 0 Å². The lowest BCUT2D eigenvalue weighted by atomic mass is 9.96. The second-order valence-electron chi connectivity index (χ2n) is 5.65. The summed E-state index contributed by atoms with van der Waals surface area (Å²) in [7, 11) is 0. The molecule has 0 spiro atoms. The highest BCUT2D eigenvalue weighted by Crippen LogP contribution is 2.27. The summed E-state index contributed by atoms with van der Waals surface area (Å²) in [6, 6.07) is 7.36. The summed E-state index contributed by atoms with van der Waals surface area (Å²) in [4.78, 5) is 26.8. The molecule has 2 rings (SSSR count). The van der Waals surface area contributed by atoms with Gasteiger partial charge in [0.2, 0.25) is 11.8 Å². The lowest BCUT2D eigenvalue weighted by Gasteiger charge is -2.37. The third-order valence-corrected chi connectivity index (χ3v) is 4.19. The number of benzene rings is 1. The zero-order valence-corrected chi connectivity index (χ0v) is 13.1. The van der Waals surface area contributed by atoms with Crippen molar-refractivity contribution < 1.29 is 9.59 Å². The molecule has 1 N–H and O–H groups in total.